The van der Waals surface area contributed by atoms with E-state index in [4.69, 9.17) is 21.1 Å². The predicted molar refractivity (Wildman–Crippen MR) is 108 cm³/mol. The van der Waals surface area contributed by atoms with Crippen molar-refractivity contribution in [2.45, 2.75) is 0 Å². The Morgan fingerprint density at radius 1 is 0.963 bits per heavy atom. The summed E-state index contributed by atoms with van der Waals surface area (Å²) < 4.78 is 11.0. The molecular weight excluding hydrogens is 364 g/mol. The number of hydrogen-bond acceptors (Lipinski definition) is 4. The monoisotopic (exact) mass is 382 g/mol. The number of ether oxygens (including phenoxy) is 2. The van der Waals surface area contributed by atoms with E-state index in [1.165, 1.54) is 0 Å². The van der Waals surface area contributed by atoms with Gasteiger partial charge in [-0.15, -0.1) is 0 Å². The van der Waals surface area contributed by atoms with Crippen LogP contribution in [0.3, 0.4) is 0 Å². The van der Waals surface area contributed by atoms with Gasteiger partial charge in [0, 0.05) is 10.7 Å². The molecule has 0 atom stereocenters. The molecule has 0 saturated heterocycles. The molecule has 3 aromatic carbocycles. The number of rotatable bonds is 7. The summed E-state index contributed by atoms with van der Waals surface area (Å²) in [6, 6.07) is 21.8. The van der Waals surface area contributed by atoms with E-state index in [0.29, 0.717) is 27.9 Å². The highest BCUT2D eigenvalue weighted by molar-refractivity contribution is 6.31. The number of nitrogens with one attached hydrogen (secondary N) is 2. The molecule has 0 unspecified atom stereocenters. The van der Waals surface area contributed by atoms with Gasteiger partial charge in [-0.25, -0.2) is 0 Å². The maximum Gasteiger partial charge on any atom is 0.243 e. The zero-order valence-corrected chi connectivity index (χ0v) is 15.5. The Hall–Kier alpha value is -3.18. The van der Waals surface area contributed by atoms with E-state index in [9.17, 15) is 4.79 Å². The van der Waals surface area contributed by atoms with E-state index < -0.39 is 0 Å². The Morgan fingerprint density at radius 3 is 2.41 bits per heavy atom. The first-order chi connectivity index (χ1) is 13.1. The van der Waals surface area contributed by atoms with Crippen LogP contribution in [0, 0.1) is 0 Å². The number of amides is 1. The van der Waals surface area contributed by atoms with Crippen LogP contribution in [0.25, 0.3) is 0 Å². The Morgan fingerprint density at radius 2 is 1.70 bits per heavy atom. The molecule has 0 radical (unpaired) electrons. The first-order valence-corrected chi connectivity index (χ1v) is 8.72. The third-order valence-electron chi connectivity index (χ3n) is 3.73. The zero-order chi connectivity index (χ0) is 19.1. The Labute approximate surface area is 162 Å². The first kappa shape index (κ1) is 18.6. The topological polar surface area (TPSA) is 59.6 Å². The van der Waals surface area contributed by atoms with Crippen LogP contribution in [0.5, 0.6) is 17.2 Å². The molecule has 0 aromatic heterocycles. The number of carbonyl (C=O) groups excluding carboxylic acids is 1. The van der Waals surface area contributed by atoms with Crippen LogP contribution in [0.15, 0.2) is 72.8 Å². The fourth-order valence-corrected chi connectivity index (χ4v) is 2.57. The van der Waals surface area contributed by atoms with E-state index in [-0.39, 0.29) is 12.5 Å². The van der Waals surface area contributed by atoms with Gasteiger partial charge < -0.3 is 20.1 Å². The third kappa shape index (κ3) is 5.39. The van der Waals surface area contributed by atoms with Gasteiger partial charge in [0.1, 0.15) is 11.5 Å². The Bertz CT molecular complexity index is 899. The molecule has 0 fully saturated rings. The van der Waals surface area contributed by atoms with E-state index in [2.05, 4.69) is 10.6 Å². The smallest absolute Gasteiger partial charge is 0.243 e. The zero-order valence-electron chi connectivity index (χ0n) is 14.7. The lowest BCUT2D eigenvalue weighted by Crippen LogP contribution is -2.21. The Kier molecular flexibility index (Phi) is 6.18. The largest absolute Gasteiger partial charge is 0.497 e. The Balaban J connectivity index is 1.64. The van der Waals surface area contributed by atoms with Crippen LogP contribution in [0.4, 0.5) is 11.4 Å². The van der Waals surface area contributed by atoms with Crippen LogP contribution in [0.2, 0.25) is 5.02 Å². The maximum absolute atomic E-state index is 12.2. The number of methoxy groups -OCH3 is 1. The van der Waals surface area contributed by atoms with Gasteiger partial charge >= 0.3 is 0 Å². The van der Waals surface area contributed by atoms with Crippen molar-refractivity contribution in [3.05, 3.63) is 77.8 Å². The van der Waals surface area contributed by atoms with Crippen LogP contribution in [0.1, 0.15) is 0 Å². The summed E-state index contributed by atoms with van der Waals surface area (Å²) >= 11 is 6.09. The van der Waals surface area contributed by atoms with Crippen LogP contribution in [-0.4, -0.2) is 19.6 Å². The SMILES string of the molecule is COc1ccc(NC(=O)CNc2cc(Cl)ccc2Oc2ccccc2)cc1. The highest BCUT2D eigenvalue weighted by atomic mass is 35.5. The summed E-state index contributed by atoms with van der Waals surface area (Å²) in [6.45, 7) is 0.0670. The fourth-order valence-electron chi connectivity index (χ4n) is 2.40. The van der Waals surface area contributed by atoms with E-state index in [1.54, 1.807) is 49.6 Å². The van der Waals surface area contributed by atoms with Gasteiger partial charge in [-0.3, -0.25) is 4.79 Å². The van der Waals surface area contributed by atoms with Crippen molar-refractivity contribution in [1.82, 2.24) is 0 Å². The molecule has 0 aliphatic rings. The molecule has 1 amide bonds. The fraction of sp³-hybridized carbons (Fsp3) is 0.0952. The minimum Gasteiger partial charge on any atom is -0.497 e. The second kappa shape index (κ2) is 8.96. The van der Waals surface area contributed by atoms with Crippen molar-refractivity contribution >= 4 is 28.9 Å². The molecule has 3 rings (SSSR count). The number of benzene rings is 3. The number of para-hydroxylation sites is 1. The van der Waals surface area contributed by atoms with Crippen molar-refractivity contribution in [3.8, 4) is 17.2 Å². The molecule has 3 aromatic rings. The van der Waals surface area contributed by atoms with Gasteiger partial charge in [0.05, 0.1) is 19.3 Å². The second-order valence-corrected chi connectivity index (χ2v) is 6.12. The normalized spacial score (nSPS) is 10.1. The number of anilines is 2. The molecular formula is C21H19ClN2O3. The van der Waals surface area contributed by atoms with Crippen LogP contribution >= 0.6 is 11.6 Å². The summed E-state index contributed by atoms with van der Waals surface area (Å²) in [7, 11) is 1.59. The molecule has 0 aliphatic heterocycles. The molecule has 0 saturated carbocycles. The number of hydrogen-bond donors (Lipinski definition) is 2. The molecule has 0 aliphatic carbocycles. The molecule has 27 heavy (non-hydrogen) atoms. The third-order valence-corrected chi connectivity index (χ3v) is 3.96. The lowest BCUT2D eigenvalue weighted by atomic mass is 10.2. The van der Waals surface area contributed by atoms with Gasteiger partial charge in [-0.1, -0.05) is 29.8 Å². The molecule has 0 heterocycles. The van der Waals surface area contributed by atoms with Gasteiger partial charge in [-0.2, -0.15) is 0 Å². The average molecular weight is 383 g/mol. The number of carbonyl (C=O) groups is 1. The maximum atomic E-state index is 12.2. The minimum absolute atomic E-state index is 0.0670. The van der Waals surface area contributed by atoms with Crippen molar-refractivity contribution in [2.24, 2.45) is 0 Å². The lowest BCUT2D eigenvalue weighted by molar-refractivity contribution is -0.114. The molecule has 6 heteroatoms. The molecule has 5 nitrogen and oxygen atoms in total. The predicted octanol–water partition coefficient (Wildman–Crippen LogP) is 5.19. The van der Waals surface area contributed by atoms with Gasteiger partial charge in [0.2, 0.25) is 5.91 Å². The highest BCUT2D eigenvalue weighted by Gasteiger charge is 2.09. The van der Waals surface area contributed by atoms with E-state index in [0.717, 1.165) is 5.75 Å². The molecule has 0 bridgehead atoms. The second-order valence-electron chi connectivity index (χ2n) is 5.69. The van der Waals surface area contributed by atoms with E-state index in [1.807, 2.05) is 30.3 Å². The average Bonchev–Trinajstić information content (AvgIpc) is 2.69. The first-order valence-electron chi connectivity index (χ1n) is 8.34. The standard InChI is InChI=1S/C21H19ClN2O3/c1-26-17-10-8-16(9-11-17)24-21(25)14-23-19-13-15(22)7-12-20(19)27-18-5-3-2-4-6-18/h2-13,23H,14H2,1H3,(H,24,25). The van der Waals surface area contributed by atoms with Crippen molar-refractivity contribution in [2.75, 3.05) is 24.3 Å². The van der Waals surface area contributed by atoms with Crippen molar-refractivity contribution in [3.63, 3.8) is 0 Å². The van der Waals surface area contributed by atoms with Crippen molar-refractivity contribution < 1.29 is 14.3 Å². The summed E-state index contributed by atoms with van der Waals surface area (Å²) in [5.74, 6) is 1.83. The van der Waals surface area contributed by atoms with Gasteiger partial charge in [0.15, 0.2) is 5.75 Å². The summed E-state index contributed by atoms with van der Waals surface area (Å²) in [4.78, 5) is 12.2. The highest BCUT2D eigenvalue weighted by Crippen LogP contribution is 2.31. The molecule has 2 N–H and O–H groups in total. The van der Waals surface area contributed by atoms with Gasteiger partial charge in [0.25, 0.3) is 0 Å². The van der Waals surface area contributed by atoms with Crippen molar-refractivity contribution in [1.29, 1.82) is 0 Å². The van der Waals surface area contributed by atoms with E-state index >= 15 is 0 Å². The number of halogens is 1. The summed E-state index contributed by atoms with van der Waals surface area (Å²) in [5, 5.41) is 6.44. The summed E-state index contributed by atoms with van der Waals surface area (Å²) in [6.07, 6.45) is 0. The minimum atomic E-state index is -0.189. The van der Waals surface area contributed by atoms with Crippen LogP contribution < -0.4 is 20.1 Å². The lowest BCUT2D eigenvalue weighted by Gasteiger charge is -2.14. The molecule has 0 spiro atoms. The molecule has 138 valence electrons. The quantitative estimate of drug-likeness (QED) is 0.590. The van der Waals surface area contributed by atoms with Crippen LogP contribution in [-0.2, 0) is 4.79 Å². The van der Waals surface area contributed by atoms with Gasteiger partial charge in [-0.05, 0) is 54.6 Å². The summed E-state index contributed by atoms with van der Waals surface area (Å²) in [5.41, 5.74) is 1.32.